The van der Waals surface area contributed by atoms with Crippen molar-refractivity contribution in [2.24, 2.45) is 5.92 Å². The fourth-order valence-corrected chi connectivity index (χ4v) is 4.36. The molecule has 1 heterocycles. The van der Waals surface area contributed by atoms with Crippen LogP contribution in [0.4, 0.5) is 5.69 Å². The summed E-state index contributed by atoms with van der Waals surface area (Å²) in [5.41, 5.74) is 3.85. The number of hydrogen-bond donors (Lipinski definition) is 1. The molecule has 2 aromatic rings. The van der Waals surface area contributed by atoms with Gasteiger partial charge in [0.05, 0.1) is 4.90 Å². The van der Waals surface area contributed by atoms with Gasteiger partial charge in [-0.05, 0) is 55.5 Å². The number of amides is 1. The third-order valence-electron chi connectivity index (χ3n) is 5.04. The lowest BCUT2D eigenvalue weighted by Gasteiger charge is -2.17. The number of rotatable bonds is 5. The highest BCUT2D eigenvalue weighted by atomic mass is 32.2. The van der Waals surface area contributed by atoms with E-state index in [1.54, 1.807) is 18.2 Å². The number of nitrogens with zero attached hydrogens (tertiary/aromatic N) is 1. The molecule has 2 aliphatic rings. The molecule has 1 fully saturated rings. The molecule has 4 rings (SSSR count). The smallest absolute Gasteiger partial charge is 0.240 e. The van der Waals surface area contributed by atoms with Crippen LogP contribution in [0.2, 0.25) is 0 Å². The van der Waals surface area contributed by atoms with E-state index in [0.717, 1.165) is 35.2 Å². The Hall–Kier alpha value is -2.18. The third kappa shape index (κ3) is 3.39. The van der Waals surface area contributed by atoms with Crippen LogP contribution in [-0.2, 0) is 27.8 Å². The van der Waals surface area contributed by atoms with E-state index < -0.39 is 10.0 Å². The zero-order valence-electron chi connectivity index (χ0n) is 14.7. The molecule has 26 heavy (non-hydrogen) atoms. The Bertz CT molecular complexity index is 948. The van der Waals surface area contributed by atoms with Crippen molar-refractivity contribution in [3.05, 3.63) is 59.2 Å². The molecule has 1 amide bonds. The van der Waals surface area contributed by atoms with Crippen molar-refractivity contribution in [2.45, 2.75) is 37.6 Å². The van der Waals surface area contributed by atoms with Crippen molar-refractivity contribution >= 4 is 21.6 Å². The van der Waals surface area contributed by atoms with Crippen LogP contribution in [0.15, 0.2) is 47.4 Å². The lowest BCUT2D eigenvalue weighted by molar-refractivity contribution is -0.119. The van der Waals surface area contributed by atoms with Gasteiger partial charge in [-0.1, -0.05) is 29.8 Å². The maximum atomic E-state index is 12.6. The SMILES string of the molecule is Cc1ccc(CNS(=O)(=O)c2ccc3c(c2)CCN3C(=O)C2CC2)cc1. The molecule has 0 saturated heterocycles. The number of hydrogen-bond acceptors (Lipinski definition) is 3. The van der Waals surface area contributed by atoms with E-state index in [-0.39, 0.29) is 23.3 Å². The van der Waals surface area contributed by atoms with Gasteiger partial charge in [0.1, 0.15) is 0 Å². The minimum Gasteiger partial charge on any atom is -0.312 e. The highest BCUT2D eigenvalue weighted by Gasteiger charge is 2.36. The molecule has 0 unspecified atom stereocenters. The average Bonchev–Trinajstić information content (AvgIpc) is 3.40. The maximum absolute atomic E-state index is 12.6. The molecule has 0 spiro atoms. The van der Waals surface area contributed by atoms with Gasteiger partial charge in [0.2, 0.25) is 15.9 Å². The maximum Gasteiger partial charge on any atom is 0.240 e. The molecule has 1 N–H and O–H groups in total. The van der Waals surface area contributed by atoms with Gasteiger partial charge in [-0.2, -0.15) is 0 Å². The van der Waals surface area contributed by atoms with Crippen molar-refractivity contribution in [1.82, 2.24) is 4.72 Å². The number of sulfonamides is 1. The van der Waals surface area contributed by atoms with E-state index in [1.807, 2.05) is 36.1 Å². The summed E-state index contributed by atoms with van der Waals surface area (Å²) in [7, 11) is -3.59. The number of anilines is 1. The van der Waals surface area contributed by atoms with Crippen LogP contribution in [0.25, 0.3) is 0 Å². The Morgan fingerprint density at radius 3 is 2.58 bits per heavy atom. The second-order valence-electron chi connectivity index (χ2n) is 7.11. The summed E-state index contributed by atoms with van der Waals surface area (Å²) >= 11 is 0. The highest BCUT2D eigenvalue weighted by Crippen LogP contribution is 2.37. The van der Waals surface area contributed by atoms with Crippen LogP contribution in [-0.4, -0.2) is 20.9 Å². The standard InChI is InChI=1S/C20H22N2O3S/c1-14-2-4-15(5-3-14)13-21-26(24,25)18-8-9-19-17(12-18)10-11-22(19)20(23)16-6-7-16/h2-5,8-9,12,16,21H,6-7,10-11,13H2,1H3. The van der Waals surface area contributed by atoms with Gasteiger partial charge in [-0.3, -0.25) is 4.79 Å². The van der Waals surface area contributed by atoms with Crippen LogP contribution < -0.4 is 9.62 Å². The average molecular weight is 370 g/mol. The first-order valence-electron chi connectivity index (χ1n) is 8.93. The molecule has 2 aromatic carbocycles. The normalized spacial score (nSPS) is 16.6. The molecule has 1 aliphatic carbocycles. The van der Waals surface area contributed by atoms with Crippen molar-refractivity contribution in [2.75, 3.05) is 11.4 Å². The Morgan fingerprint density at radius 1 is 1.15 bits per heavy atom. The van der Waals surface area contributed by atoms with Crippen LogP contribution in [0.5, 0.6) is 0 Å². The Kier molecular flexibility index (Phi) is 4.32. The fraction of sp³-hybridized carbons (Fsp3) is 0.350. The topological polar surface area (TPSA) is 66.5 Å². The molecule has 0 bridgehead atoms. The molecular weight excluding hydrogens is 348 g/mol. The summed E-state index contributed by atoms with van der Waals surface area (Å²) in [5.74, 6) is 0.345. The van der Waals surface area contributed by atoms with E-state index >= 15 is 0 Å². The van der Waals surface area contributed by atoms with Crippen molar-refractivity contribution in [3.63, 3.8) is 0 Å². The van der Waals surface area contributed by atoms with E-state index in [4.69, 9.17) is 0 Å². The Balaban J connectivity index is 1.50. The first kappa shape index (κ1) is 17.2. The number of fused-ring (bicyclic) bond motifs is 1. The third-order valence-corrected chi connectivity index (χ3v) is 6.44. The first-order valence-corrected chi connectivity index (χ1v) is 10.4. The van der Waals surface area contributed by atoms with Gasteiger partial charge in [-0.15, -0.1) is 0 Å². The molecule has 6 heteroatoms. The van der Waals surface area contributed by atoms with Crippen molar-refractivity contribution in [1.29, 1.82) is 0 Å². The minimum absolute atomic E-state index is 0.167. The van der Waals surface area contributed by atoms with Gasteiger partial charge < -0.3 is 4.90 Å². The van der Waals surface area contributed by atoms with Crippen LogP contribution in [0.3, 0.4) is 0 Å². The van der Waals surface area contributed by atoms with Crippen molar-refractivity contribution < 1.29 is 13.2 Å². The lowest BCUT2D eigenvalue weighted by Crippen LogP contribution is -2.30. The van der Waals surface area contributed by atoms with Gasteiger partial charge in [0, 0.05) is 24.7 Å². The zero-order chi connectivity index (χ0) is 18.3. The summed E-state index contributed by atoms with van der Waals surface area (Å²) in [5, 5.41) is 0. The summed E-state index contributed by atoms with van der Waals surface area (Å²) in [6.45, 7) is 2.90. The number of nitrogens with one attached hydrogen (secondary N) is 1. The van der Waals surface area contributed by atoms with E-state index in [1.165, 1.54) is 0 Å². The minimum atomic E-state index is -3.59. The lowest BCUT2D eigenvalue weighted by atomic mass is 10.2. The van der Waals surface area contributed by atoms with Gasteiger partial charge in [0.15, 0.2) is 0 Å². The number of carbonyl (C=O) groups excluding carboxylic acids is 1. The largest absolute Gasteiger partial charge is 0.312 e. The summed E-state index contributed by atoms with van der Waals surface area (Å²) in [4.78, 5) is 14.4. The highest BCUT2D eigenvalue weighted by molar-refractivity contribution is 7.89. The van der Waals surface area contributed by atoms with Crippen LogP contribution in [0, 0.1) is 12.8 Å². The predicted molar refractivity (Wildman–Crippen MR) is 100 cm³/mol. The first-order chi connectivity index (χ1) is 12.4. The summed E-state index contributed by atoms with van der Waals surface area (Å²) in [6, 6.07) is 12.8. The molecule has 136 valence electrons. The van der Waals surface area contributed by atoms with E-state index in [9.17, 15) is 13.2 Å². The van der Waals surface area contributed by atoms with Gasteiger partial charge in [0.25, 0.3) is 0 Å². The van der Waals surface area contributed by atoms with Crippen molar-refractivity contribution in [3.8, 4) is 0 Å². The molecule has 1 saturated carbocycles. The number of benzene rings is 2. The van der Waals surface area contributed by atoms with Crippen LogP contribution in [0.1, 0.15) is 29.5 Å². The molecular formula is C20H22N2O3S. The Labute approximate surface area is 154 Å². The molecule has 0 aromatic heterocycles. The second-order valence-corrected chi connectivity index (χ2v) is 8.88. The summed E-state index contributed by atoms with van der Waals surface area (Å²) < 4.78 is 27.9. The zero-order valence-corrected chi connectivity index (χ0v) is 15.6. The summed E-state index contributed by atoms with van der Waals surface area (Å²) in [6.07, 6.45) is 2.65. The van der Waals surface area contributed by atoms with Gasteiger partial charge in [-0.25, -0.2) is 13.1 Å². The Morgan fingerprint density at radius 2 is 1.88 bits per heavy atom. The molecule has 1 aliphatic heterocycles. The van der Waals surface area contributed by atoms with E-state index in [2.05, 4.69) is 4.72 Å². The number of aryl methyl sites for hydroxylation is 1. The molecule has 0 radical (unpaired) electrons. The number of carbonyl (C=O) groups is 1. The fourth-order valence-electron chi connectivity index (χ4n) is 3.29. The second kappa shape index (κ2) is 6.52. The monoisotopic (exact) mass is 370 g/mol. The van der Waals surface area contributed by atoms with Gasteiger partial charge >= 0.3 is 0 Å². The van der Waals surface area contributed by atoms with E-state index in [0.29, 0.717) is 13.0 Å². The predicted octanol–water partition coefficient (Wildman–Crippen LogP) is 2.77. The quantitative estimate of drug-likeness (QED) is 0.880. The van der Waals surface area contributed by atoms with Crippen LogP contribution >= 0.6 is 0 Å². The molecule has 5 nitrogen and oxygen atoms in total. The molecule has 0 atom stereocenters.